The van der Waals surface area contributed by atoms with Crippen molar-refractivity contribution >= 4 is 23.5 Å². The van der Waals surface area contributed by atoms with E-state index in [1.807, 2.05) is 30.3 Å². The van der Waals surface area contributed by atoms with Gasteiger partial charge in [-0.05, 0) is 81.9 Å². The average molecular weight is 553 g/mol. The molecule has 0 saturated heterocycles. The van der Waals surface area contributed by atoms with Crippen molar-refractivity contribution in [3.05, 3.63) is 53.8 Å². The van der Waals surface area contributed by atoms with E-state index in [2.05, 4.69) is 10.6 Å². The number of anilines is 1. The van der Waals surface area contributed by atoms with Gasteiger partial charge in [-0.25, -0.2) is 4.39 Å². The summed E-state index contributed by atoms with van der Waals surface area (Å²) < 4.78 is 31.4. The molecule has 0 aliphatic heterocycles. The minimum Gasteiger partial charge on any atom is -0.496 e. The maximum Gasteiger partial charge on any atom is 0.308 e. The van der Waals surface area contributed by atoms with Gasteiger partial charge in [0, 0.05) is 17.8 Å². The second-order valence-electron chi connectivity index (χ2n) is 11.0. The molecule has 5 rings (SSSR count). The zero-order valence-corrected chi connectivity index (χ0v) is 23.0. The summed E-state index contributed by atoms with van der Waals surface area (Å²) in [6.07, 6.45) is 4.90. The highest BCUT2D eigenvalue weighted by Crippen LogP contribution is 2.49. The van der Waals surface area contributed by atoms with Crippen LogP contribution < -0.4 is 20.1 Å². The number of hydrogen-bond acceptors (Lipinski definition) is 6. The number of methoxy groups -OCH3 is 1. The largest absolute Gasteiger partial charge is 0.496 e. The quantitative estimate of drug-likeness (QED) is 0.419. The first-order chi connectivity index (χ1) is 19.4. The smallest absolute Gasteiger partial charge is 0.308 e. The Labute approximate surface area is 233 Å². The number of esters is 1. The molecule has 3 saturated carbocycles. The third-order valence-electron chi connectivity index (χ3n) is 8.64. The lowest BCUT2D eigenvalue weighted by Crippen LogP contribution is -2.48. The molecule has 2 aromatic rings. The fraction of sp³-hybridized carbons (Fsp3) is 0.516. The molecule has 40 heavy (non-hydrogen) atoms. The van der Waals surface area contributed by atoms with E-state index in [1.165, 1.54) is 13.2 Å². The van der Waals surface area contributed by atoms with E-state index < -0.39 is 11.7 Å². The summed E-state index contributed by atoms with van der Waals surface area (Å²) in [5, 5.41) is 6.09. The van der Waals surface area contributed by atoms with Crippen LogP contribution in [0.25, 0.3) is 0 Å². The van der Waals surface area contributed by atoms with Gasteiger partial charge < -0.3 is 24.8 Å². The SMILES string of the molecule is CCOC(=O)[C@H]1CC[C@@H](Oc2cc(C(=O)N[C@@H]3[C@H]4CC[C@H](C4)[C@@H]3C(=O)Nc3ccccc3)c(OC)cc2F)CC1. The fourth-order valence-corrected chi connectivity index (χ4v) is 6.68. The number of para-hydroxylation sites is 1. The summed E-state index contributed by atoms with van der Waals surface area (Å²) in [6, 6.07) is 11.5. The number of amides is 2. The van der Waals surface area contributed by atoms with Crippen LogP contribution in [-0.4, -0.2) is 43.6 Å². The van der Waals surface area contributed by atoms with E-state index in [1.54, 1.807) is 6.92 Å². The molecule has 0 unspecified atom stereocenters. The predicted octanol–water partition coefficient (Wildman–Crippen LogP) is 5.12. The first-order valence-electron chi connectivity index (χ1n) is 14.3. The van der Waals surface area contributed by atoms with E-state index >= 15 is 0 Å². The van der Waals surface area contributed by atoms with Crippen molar-refractivity contribution in [2.45, 2.75) is 64.0 Å². The molecule has 2 bridgehead atoms. The lowest BCUT2D eigenvalue weighted by molar-refractivity contribution is -0.149. The minimum atomic E-state index is -0.624. The zero-order valence-electron chi connectivity index (χ0n) is 23.0. The Hall–Kier alpha value is -3.62. The van der Waals surface area contributed by atoms with Gasteiger partial charge in [0.15, 0.2) is 11.6 Å². The highest BCUT2D eigenvalue weighted by molar-refractivity contribution is 5.99. The Morgan fingerprint density at radius 2 is 1.68 bits per heavy atom. The molecule has 0 heterocycles. The van der Waals surface area contributed by atoms with Crippen LogP contribution >= 0.6 is 0 Å². The molecule has 2 aromatic carbocycles. The number of benzene rings is 2. The van der Waals surface area contributed by atoms with Crippen LogP contribution in [0, 0.1) is 29.5 Å². The van der Waals surface area contributed by atoms with E-state index in [0.717, 1.165) is 31.0 Å². The van der Waals surface area contributed by atoms with Crippen molar-refractivity contribution in [1.29, 1.82) is 0 Å². The van der Waals surface area contributed by atoms with Gasteiger partial charge in [-0.15, -0.1) is 0 Å². The maximum absolute atomic E-state index is 15.0. The van der Waals surface area contributed by atoms with Crippen molar-refractivity contribution in [3.8, 4) is 11.5 Å². The Kier molecular flexibility index (Phi) is 8.57. The second kappa shape index (κ2) is 12.3. The van der Waals surface area contributed by atoms with Crippen LogP contribution in [0.1, 0.15) is 62.2 Å². The van der Waals surface area contributed by atoms with Crippen molar-refractivity contribution in [2.75, 3.05) is 19.0 Å². The number of fused-ring (bicyclic) bond motifs is 2. The van der Waals surface area contributed by atoms with Crippen molar-refractivity contribution in [1.82, 2.24) is 5.32 Å². The van der Waals surface area contributed by atoms with E-state index in [0.29, 0.717) is 32.3 Å². The van der Waals surface area contributed by atoms with Crippen LogP contribution in [0.15, 0.2) is 42.5 Å². The standard InChI is InChI=1S/C31H37FN2O6/c1-3-39-31(37)18-11-13-22(14-12-18)40-26-16-23(25(38-2)17-24(26)32)29(35)34-28-20-10-9-19(15-20)27(28)30(36)33-21-7-5-4-6-8-21/h4-8,16-20,22,27-28H,3,9-15H2,1-2H3,(H,33,36)(H,34,35)/t18-,19-,20+,22+,27+,28-/m1/s1. The lowest BCUT2D eigenvalue weighted by atomic mass is 9.83. The normalized spacial score (nSPS) is 27.1. The number of nitrogens with one attached hydrogen (secondary N) is 2. The summed E-state index contributed by atoms with van der Waals surface area (Å²) in [4.78, 5) is 38.9. The first kappa shape index (κ1) is 27.9. The molecule has 2 amide bonds. The highest BCUT2D eigenvalue weighted by Gasteiger charge is 2.51. The van der Waals surface area contributed by atoms with Gasteiger partial charge in [-0.2, -0.15) is 0 Å². The van der Waals surface area contributed by atoms with E-state index in [9.17, 15) is 18.8 Å². The minimum absolute atomic E-state index is 0.0307. The molecule has 214 valence electrons. The molecule has 9 heteroatoms. The monoisotopic (exact) mass is 552 g/mol. The topological polar surface area (TPSA) is 103 Å². The molecule has 0 aromatic heterocycles. The van der Waals surface area contributed by atoms with Gasteiger partial charge in [-0.3, -0.25) is 14.4 Å². The molecule has 0 spiro atoms. The lowest BCUT2D eigenvalue weighted by Gasteiger charge is -2.31. The number of carbonyl (C=O) groups is 3. The maximum atomic E-state index is 15.0. The molecule has 0 radical (unpaired) electrons. The number of rotatable bonds is 9. The third-order valence-corrected chi connectivity index (χ3v) is 8.64. The van der Waals surface area contributed by atoms with Gasteiger partial charge in [0.2, 0.25) is 5.91 Å². The third kappa shape index (κ3) is 5.93. The summed E-state index contributed by atoms with van der Waals surface area (Å²) in [7, 11) is 1.39. The highest BCUT2D eigenvalue weighted by atomic mass is 19.1. The molecule has 8 nitrogen and oxygen atoms in total. The van der Waals surface area contributed by atoms with Gasteiger partial charge in [0.05, 0.1) is 37.2 Å². The average Bonchev–Trinajstić information content (AvgIpc) is 3.57. The molecule has 3 fully saturated rings. The van der Waals surface area contributed by atoms with Gasteiger partial charge in [0.25, 0.3) is 5.91 Å². The van der Waals surface area contributed by atoms with Crippen molar-refractivity contribution < 1.29 is 33.0 Å². The Bertz CT molecular complexity index is 1230. The van der Waals surface area contributed by atoms with Crippen LogP contribution in [0.4, 0.5) is 10.1 Å². The fourth-order valence-electron chi connectivity index (χ4n) is 6.68. The van der Waals surface area contributed by atoms with Gasteiger partial charge >= 0.3 is 5.97 Å². The van der Waals surface area contributed by atoms with E-state index in [4.69, 9.17) is 14.2 Å². The van der Waals surface area contributed by atoms with Crippen molar-refractivity contribution in [3.63, 3.8) is 0 Å². The number of hydrogen-bond donors (Lipinski definition) is 2. The summed E-state index contributed by atoms with van der Waals surface area (Å²) in [5.41, 5.74) is 0.878. The molecular weight excluding hydrogens is 515 g/mol. The van der Waals surface area contributed by atoms with Crippen LogP contribution in [0.5, 0.6) is 11.5 Å². The molecule has 4 atom stereocenters. The summed E-state index contributed by atoms with van der Waals surface area (Å²) in [5.74, 6) is -1.39. The van der Waals surface area contributed by atoms with Gasteiger partial charge in [-0.1, -0.05) is 18.2 Å². The summed E-state index contributed by atoms with van der Waals surface area (Å²) >= 11 is 0. The molecular formula is C31H37FN2O6. The van der Waals surface area contributed by atoms with E-state index in [-0.39, 0.29) is 64.8 Å². The second-order valence-corrected chi connectivity index (χ2v) is 11.0. The molecule has 2 N–H and O–H groups in total. The molecule has 3 aliphatic rings. The summed E-state index contributed by atoms with van der Waals surface area (Å²) in [6.45, 7) is 2.13. The van der Waals surface area contributed by atoms with Gasteiger partial charge in [0.1, 0.15) is 5.75 Å². The first-order valence-corrected chi connectivity index (χ1v) is 14.3. The van der Waals surface area contributed by atoms with Crippen LogP contribution in [0.3, 0.4) is 0 Å². The Balaban J connectivity index is 1.28. The number of ether oxygens (including phenoxy) is 3. The zero-order chi connectivity index (χ0) is 28.2. The van der Waals surface area contributed by atoms with Crippen LogP contribution in [-0.2, 0) is 14.3 Å². The number of carbonyl (C=O) groups excluding carboxylic acids is 3. The molecule has 3 aliphatic carbocycles. The van der Waals surface area contributed by atoms with Crippen molar-refractivity contribution in [2.24, 2.45) is 23.7 Å². The number of halogens is 1. The Morgan fingerprint density at radius 3 is 2.38 bits per heavy atom. The Morgan fingerprint density at radius 1 is 0.950 bits per heavy atom. The predicted molar refractivity (Wildman–Crippen MR) is 147 cm³/mol. The van der Waals surface area contributed by atoms with Crippen LogP contribution in [0.2, 0.25) is 0 Å².